The Bertz CT molecular complexity index is 1490. The van der Waals surface area contributed by atoms with Crippen LogP contribution in [-0.2, 0) is 21.0 Å². The number of amides is 1. The summed E-state index contributed by atoms with van der Waals surface area (Å²) >= 11 is 6.81. The first kappa shape index (κ1) is 29.4. The minimum absolute atomic E-state index is 0.00377. The molecule has 2 aromatic carbocycles. The molecule has 0 saturated heterocycles. The molecule has 0 bridgehead atoms. The number of aromatic nitrogens is 1. The molecule has 1 heterocycles. The fraction of sp³-hybridized carbons (Fsp3) is 0.318. The van der Waals surface area contributed by atoms with Crippen molar-refractivity contribution < 1.29 is 31.1 Å². The first-order valence-electron chi connectivity index (χ1n) is 10.8. The van der Waals surface area contributed by atoms with Gasteiger partial charge in [0.1, 0.15) is 11.3 Å². The van der Waals surface area contributed by atoms with Crippen LogP contribution in [0.4, 0.5) is 29.7 Å². The number of hydrogen-bond donors (Lipinski definition) is 5. The smallest absolute Gasteiger partial charge is 0.418 e. The van der Waals surface area contributed by atoms with Crippen LogP contribution in [-0.4, -0.2) is 43.4 Å². The zero-order chi connectivity index (χ0) is 28.5. The van der Waals surface area contributed by atoms with Gasteiger partial charge in [0, 0.05) is 28.6 Å². The number of thiazole rings is 1. The molecule has 0 saturated carbocycles. The Morgan fingerprint density at radius 2 is 1.97 bits per heavy atom. The highest BCUT2D eigenvalue weighted by atomic mass is 35.5. The average Bonchev–Trinajstić information content (AvgIpc) is 3.19. The molecule has 7 N–H and O–H groups in total. The summed E-state index contributed by atoms with van der Waals surface area (Å²) in [4.78, 5) is 17.1. The molecule has 0 aliphatic carbocycles. The number of ether oxygens (including phenoxy) is 1. The van der Waals surface area contributed by atoms with E-state index in [2.05, 4.69) is 15.6 Å². The molecule has 0 spiro atoms. The Morgan fingerprint density at radius 3 is 2.58 bits per heavy atom. The van der Waals surface area contributed by atoms with E-state index in [9.17, 15) is 26.4 Å². The molecular formula is C22H24ClF3N6O4S2. The Hall–Kier alpha value is -3.14. The number of carbonyl (C=O) groups is 1. The number of sulfonamides is 1. The van der Waals surface area contributed by atoms with Crippen LogP contribution >= 0.6 is 22.9 Å². The third kappa shape index (κ3) is 7.03. The molecule has 0 atom stereocenters. The van der Waals surface area contributed by atoms with Gasteiger partial charge in [-0.25, -0.2) is 18.5 Å². The van der Waals surface area contributed by atoms with Gasteiger partial charge in [-0.3, -0.25) is 10.1 Å². The zero-order valence-electron chi connectivity index (χ0n) is 20.1. The Balaban J connectivity index is 1.84. The lowest BCUT2D eigenvalue weighted by Crippen LogP contribution is -2.44. The molecule has 38 heavy (non-hydrogen) atoms. The molecule has 0 radical (unpaired) electrons. The van der Waals surface area contributed by atoms with Crippen molar-refractivity contribution in [3.8, 4) is 5.75 Å². The summed E-state index contributed by atoms with van der Waals surface area (Å²) in [5.41, 5.74) is 3.07. The van der Waals surface area contributed by atoms with Gasteiger partial charge < -0.3 is 21.2 Å². The molecule has 3 aromatic rings. The van der Waals surface area contributed by atoms with Crippen LogP contribution in [0.25, 0.3) is 10.2 Å². The van der Waals surface area contributed by atoms with Crippen LogP contribution < -0.4 is 26.2 Å². The molecule has 1 amide bonds. The number of alkyl halides is 3. The highest BCUT2D eigenvalue weighted by molar-refractivity contribution is 7.89. The van der Waals surface area contributed by atoms with E-state index in [0.29, 0.717) is 16.8 Å². The molecule has 0 aliphatic heterocycles. The fourth-order valence-electron chi connectivity index (χ4n) is 3.34. The van der Waals surface area contributed by atoms with Gasteiger partial charge in [0.25, 0.3) is 5.91 Å². The summed E-state index contributed by atoms with van der Waals surface area (Å²) in [5.74, 6) is -0.674. The largest absolute Gasteiger partial charge is 0.491 e. The molecule has 1 aromatic heterocycles. The lowest BCUT2D eigenvalue weighted by atomic mass is 10.0. The maximum Gasteiger partial charge on any atom is 0.418 e. The quantitative estimate of drug-likeness (QED) is 0.131. The summed E-state index contributed by atoms with van der Waals surface area (Å²) < 4.78 is 68.6. The van der Waals surface area contributed by atoms with Crippen molar-refractivity contribution in [3.63, 3.8) is 0 Å². The van der Waals surface area contributed by atoms with E-state index >= 15 is 0 Å². The lowest BCUT2D eigenvalue weighted by Gasteiger charge is -2.27. The summed E-state index contributed by atoms with van der Waals surface area (Å²) in [6, 6.07) is 5.29. The third-order valence-corrected chi connectivity index (χ3v) is 7.29. The van der Waals surface area contributed by atoms with Crippen LogP contribution in [0.1, 0.15) is 31.4 Å². The number of fused-ring (bicyclic) bond motifs is 1. The molecule has 10 nitrogen and oxygen atoms in total. The SMILES string of the molecule is CC(C)(Nc1ccc(Cl)cc1OCCCS(N)(=O)=O)C(=O)Nc1nc2c(C(F)(F)F)cc(N)c(C=N)c2s1. The van der Waals surface area contributed by atoms with E-state index in [1.54, 1.807) is 12.1 Å². The van der Waals surface area contributed by atoms with Gasteiger partial charge in [-0.2, -0.15) is 13.2 Å². The minimum Gasteiger partial charge on any atom is -0.491 e. The first-order valence-corrected chi connectivity index (χ1v) is 13.8. The summed E-state index contributed by atoms with van der Waals surface area (Å²) in [6.45, 7) is 3.05. The van der Waals surface area contributed by atoms with Crippen LogP contribution in [0.5, 0.6) is 5.75 Å². The van der Waals surface area contributed by atoms with Gasteiger partial charge in [-0.05, 0) is 38.5 Å². The van der Waals surface area contributed by atoms with Gasteiger partial charge in [-0.15, -0.1) is 0 Å². The van der Waals surface area contributed by atoms with Crippen molar-refractivity contribution >= 4 is 71.8 Å². The number of nitrogens with one attached hydrogen (secondary N) is 3. The van der Waals surface area contributed by atoms with Crippen molar-refractivity contribution in [2.24, 2.45) is 5.14 Å². The Labute approximate surface area is 225 Å². The third-order valence-electron chi connectivity index (χ3n) is 5.20. The number of rotatable bonds is 10. The van der Waals surface area contributed by atoms with Gasteiger partial charge in [0.15, 0.2) is 5.13 Å². The van der Waals surface area contributed by atoms with E-state index in [0.717, 1.165) is 17.6 Å². The van der Waals surface area contributed by atoms with Crippen LogP contribution in [0.3, 0.4) is 0 Å². The van der Waals surface area contributed by atoms with E-state index < -0.39 is 38.7 Å². The normalized spacial score (nSPS) is 12.4. The molecule has 0 aliphatic rings. The van der Waals surface area contributed by atoms with Gasteiger partial charge >= 0.3 is 6.18 Å². The van der Waals surface area contributed by atoms with Crippen molar-refractivity contribution in [2.75, 3.05) is 28.7 Å². The first-order chi connectivity index (χ1) is 17.5. The van der Waals surface area contributed by atoms with Crippen molar-refractivity contribution in [1.29, 1.82) is 5.41 Å². The number of primary sulfonamides is 1. The van der Waals surface area contributed by atoms with Gasteiger partial charge in [-0.1, -0.05) is 22.9 Å². The minimum atomic E-state index is -4.75. The molecule has 0 unspecified atom stereocenters. The highest BCUT2D eigenvalue weighted by Crippen LogP contribution is 2.41. The van der Waals surface area contributed by atoms with Crippen LogP contribution in [0.2, 0.25) is 5.02 Å². The second-order valence-electron chi connectivity index (χ2n) is 8.68. The number of nitrogens with two attached hydrogens (primary N) is 2. The molecule has 3 rings (SSSR count). The fourth-order valence-corrected chi connectivity index (χ4v) is 5.04. The topological polar surface area (TPSA) is 173 Å². The maximum atomic E-state index is 13.6. The monoisotopic (exact) mass is 592 g/mol. The highest BCUT2D eigenvalue weighted by Gasteiger charge is 2.36. The van der Waals surface area contributed by atoms with E-state index in [4.69, 9.17) is 32.6 Å². The van der Waals surface area contributed by atoms with Gasteiger partial charge in [0.05, 0.1) is 33.8 Å². The maximum absolute atomic E-state index is 13.6. The second-order valence-corrected chi connectivity index (χ2v) is 11.8. The summed E-state index contributed by atoms with van der Waals surface area (Å²) in [7, 11) is -3.66. The Morgan fingerprint density at radius 1 is 1.29 bits per heavy atom. The van der Waals surface area contributed by atoms with E-state index in [1.807, 2.05) is 0 Å². The predicted octanol–water partition coefficient (Wildman–Crippen LogP) is 4.43. The standard InChI is InChI=1S/C22H24ClF3N6O4S2/c1-21(2,32-15-5-4-11(23)8-16(15)36-6-3-7-38(29,34)35)19(33)31-20-30-17-13(22(24,25)26)9-14(28)12(10-27)18(17)37-20/h4-5,8-10,27,32H,3,6-7,28H2,1-2H3,(H2,29,34,35)(H,30,31,33). The lowest BCUT2D eigenvalue weighted by molar-refractivity contribution is -0.136. The van der Waals surface area contributed by atoms with Crippen LogP contribution in [0, 0.1) is 5.41 Å². The average molecular weight is 593 g/mol. The van der Waals surface area contributed by atoms with Crippen molar-refractivity contribution in [2.45, 2.75) is 32.0 Å². The summed E-state index contributed by atoms with van der Waals surface area (Å²) in [5, 5.41) is 18.2. The molecule has 16 heteroatoms. The number of nitrogens with zero attached hydrogens (tertiary/aromatic N) is 1. The predicted molar refractivity (Wildman–Crippen MR) is 143 cm³/mol. The van der Waals surface area contributed by atoms with Crippen molar-refractivity contribution in [3.05, 3.63) is 40.4 Å². The number of nitrogen functional groups attached to an aromatic ring is 1. The number of benzene rings is 2. The number of halogens is 4. The van der Waals surface area contributed by atoms with Crippen LogP contribution in [0.15, 0.2) is 24.3 Å². The zero-order valence-corrected chi connectivity index (χ0v) is 22.5. The number of hydrogen-bond acceptors (Lipinski definition) is 9. The van der Waals surface area contributed by atoms with Gasteiger partial charge in [0.2, 0.25) is 10.0 Å². The Kier molecular flexibility index (Phi) is 8.45. The van der Waals surface area contributed by atoms with E-state index in [-0.39, 0.29) is 45.6 Å². The molecule has 0 fully saturated rings. The molecule has 206 valence electrons. The number of anilines is 3. The van der Waals surface area contributed by atoms with Crippen molar-refractivity contribution in [1.82, 2.24) is 4.98 Å². The molecular weight excluding hydrogens is 569 g/mol. The summed E-state index contributed by atoms with van der Waals surface area (Å²) in [6.07, 6.45) is -3.80. The number of carbonyl (C=O) groups excluding carboxylic acids is 1. The second kappa shape index (κ2) is 10.9. The van der Waals surface area contributed by atoms with E-state index in [1.165, 1.54) is 19.9 Å².